The minimum Gasteiger partial charge on any atom is -0.478 e. The number of carboxylic acid groups (broad SMARTS) is 1. The van der Waals surface area contributed by atoms with E-state index in [9.17, 15) is 4.79 Å². The first-order chi connectivity index (χ1) is 7.54. The van der Waals surface area contributed by atoms with E-state index in [0.717, 1.165) is 0 Å². The molecule has 0 spiro atoms. The number of carbonyl (C=O) groups is 1. The van der Waals surface area contributed by atoms with E-state index in [1.54, 1.807) is 13.8 Å². The van der Waals surface area contributed by atoms with Crippen LogP contribution in [-0.4, -0.2) is 47.7 Å². The molecule has 0 aromatic rings. The minimum atomic E-state index is -1.02. The SMILES string of the molecule is CCOC(OCC)=C(C)C(=O)O.OCCO. The van der Waals surface area contributed by atoms with E-state index in [2.05, 4.69) is 0 Å². The third-order valence-corrected chi connectivity index (χ3v) is 1.28. The Morgan fingerprint density at radius 2 is 1.44 bits per heavy atom. The molecule has 0 aliphatic rings. The van der Waals surface area contributed by atoms with Gasteiger partial charge in [0.1, 0.15) is 5.57 Å². The number of ether oxygens (including phenoxy) is 2. The van der Waals surface area contributed by atoms with Crippen LogP contribution >= 0.6 is 0 Å². The summed E-state index contributed by atoms with van der Waals surface area (Å²) in [5.74, 6) is -0.917. The molecule has 0 unspecified atom stereocenters. The lowest BCUT2D eigenvalue weighted by atomic mass is 10.3. The molecule has 16 heavy (non-hydrogen) atoms. The van der Waals surface area contributed by atoms with Crippen molar-refractivity contribution in [1.82, 2.24) is 0 Å². The molecule has 6 heteroatoms. The number of rotatable bonds is 6. The summed E-state index contributed by atoms with van der Waals surface area (Å²) >= 11 is 0. The van der Waals surface area contributed by atoms with Gasteiger partial charge in [0.15, 0.2) is 0 Å². The highest BCUT2D eigenvalue weighted by Crippen LogP contribution is 2.07. The van der Waals surface area contributed by atoms with Gasteiger partial charge >= 0.3 is 5.97 Å². The molecule has 0 radical (unpaired) electrons. The van der Waals surface area contributed by atoms with E-state index < -0.39 is 5.97 Å². The van der Waals surface area contributed by atoms with Crippen LogP contribution in [0.4, 0.5) is 0 Å². The average molecular weight is 236 g/mol. The fraction of sp³-hybridized carbons (Fsp3) is 0.700. The second-order valence-electron chi connectivity index (χ2n) is 2.53. The van der Waals surface area contributed by atoms with Crippen molar-refractivity contribution < 1.29 is 29.6 Å². The summed E-state index contributed by atoms with van der Waals surface area (Å²) in [7, 11) is 0. The highest BCUT2D eigenvalue weighted by Gasteiger charge is 2.11. The van der Waals surface area contributed by atoms with Crippen molar-refractivity contribution in [2.75, 3.05) is 26.4 Å². The van der Waals surface area contributed by atoms with E-state index in [1.807, 2.05) is 0 Å². The van der Waals surface area contributed by atoms with Crippen LogP contribution in [0.3, 0.4) is 0 Å². The third kappa shape index (κ3) is 9.29. The Balaban J connectivity index is 0. The summed E-state index contributed by atoms with van der Waals surface area (Å²) in [6.45, 7) is 5.55. The molecule has 0 atom stereocenters. The zero-order valence-electron chi connectivity index (χ0n) is 9.89. The molecule has 6 nitrogen and oxygen atoms in total. The van der Waals surface area contributed by atoms with Crippen LogP contribution in [0.15, 0.2) is 11.5 Å². The maximum Gasteiger partial charge on any atom is 0.338 e. The smallest absolute Gasteiger partial charge is 0.338 e. The Bertz CT molecular complexity index is 201. The first-order valence-corrected chi connectivity index (χ1v) is 4.96. The molecule has 3 N–H and O–H groups in total. The highest BCUT2D eigenvalue weighted by atomic mass is 16.7. The number of aliphatic hydroxyl groups excluding tert-OH is 2. The van der Waals surface area contributed by atoms with Crippen LogP contribution in [0.1, 0.15) is 20.8 Å². The van der Waals surface area contributed by atoms with Gasteiger partial charge in [-0.05, 0) is 20.8 Å². The van der Waals surface area contributed by atoms with Crippen LogP contribution in [0.5, 0.6) is 0 Å². The molecule has 0 heterocycles. The van der Waals surface area contributed by atoms with Gasteiger partial charge in [-0.15, -0.1) is 0 Å². The van der Waals surface area contributed by atoms with Gasteiger partial charge in [0.05, 0.1) is 26.4 Å². The Hall–Kier alpha value is -1.27. The zero-order chi connectivity index (χ0) is 13.0. The molecule has 0 fully saturated rings. The first-order valence-electron chi connectivity index (χ1n) is 4.96. The van der Waals surface area contributed by atoms with Crippen molar-refractivity contribution in [3.05, 3.63) is 11.5 Å². The predicted molar refractivity (Wildman–Crippen MR) is 57.8 cm³/mol. The molecule has 0 aliphatic heterocycles. The number of aliphatic hydroxyl groups is 2. The van der Waals surface area contributed by atoms with Gasteiger partial charge in [0, 0.05) is 0 Å². The number of carboxylic acids is 1. The van der Waals surface area contributed by atoms with Crippen LogP contribution < -0.4 is 0 Å². The van der Waals surface area contributed by atoms with Crippen LogP contribution in [0.2, 0.25) is 0 Å². The number of aliphatic carboxylic acids is 1. The van der Waals surface area contributed by atoms with Gasteiger partial charge in [-0.25, -0.2) is 4.79 Å². The fourth-order valence-electron chi connectivity index (χ4n) is 0.608. The van der Waals surface area contributed by atoms with E-state index in [1.165, 1.54) is 6.92 Å². The van der Waals surface area contributed by atoms with Crippen LogP contribution in [-0.2, 0) is 14.3 Å². The van der Waals surface area contributed by atoms with E-state index >= 15 is 0 Å². The van der Waals surface area contributed by atoms with Crippen LogP contribution in [0.25, 0.3) is 0 Å². The van der Waals surface area contributed by atoms with Gasteiger partial charge in [-0.1, -0.05) is 0 Å². The average Bonchev–Trinajstić information content (AvgIpc) is 2.28. The summed E-state index contributed by atoms with van der Waals surface area (Å²) < 4.78 is 9.96. The molecule has 0 aliphatic carbocycles. The van der Waals surface area contributed by atoms with E-state index in [4.69, 9.17) is 24.8 Å². The van der Waals surface area contributed by atoms with Crippen molar-refractivity contribution in [1.29, 1.82) is 0 Å². The summed E-state index contributed by atoms with van der Waals surface area (Å²) in [6.07, 6.45) is 0. The fourth-order valence-corrected chi connectivity index (χ4v) is 0.608. The van der Waals surface area contributed by atoms with Crippen molar-refractivity contribution >= 4 is 5.97 Å². The van der Waals surface area contributed by atoms with Gasteiger partial charge in [-0.2, -0.15) is 0 Å². The summed E-state index contributed by atoms with van der Waals surface area (Å²) in [4.78, 5) is 10.5. The van der Waals surface area contributed by atoms with Crippen molar-refractivity contribution in [2.24, 2.45) is 0 Å². The van der Waals surface area contributed by atoms with Crippen molar-refractivity contribution in [3.8, 4) is 0 Å². The molecule has 0 aromatic heterocycles. The zero-order valence-corrected chi connectivity index (χ0v) is 9.89. The highest BCUT2D eigenvalue weighted by molar-refractivity contribution is 5.86. The topological polar surface area (TPSA) is 96.2 Å². The molecule has 0 rings (SSSR count). The first kappa shape index (κ1) is 17.1. The Morgan fingerprint density at radius 3 is 1.62 bits per heavy atom. The molecule has 96 valence electrons. The van der Waals surface area contributed by atoms with E-state index in [-0.39, 0.29) is 24.7 Å². The lowest BCUT2D eigenvalue weighted by Gasteiger charge is -2.09. The standard InChI is InChI=1S/C8H14O4.C2H6O2/c1-4-11-8(12-5-2)6(3)7(9)10;3-1-2-4/h4-5H2,1-3H3,(H,9,10);3-4H,1-2H2. The monoisotopic (exact) mass is 236 g/mol. The molecular formula is C10H20O6. The van der Waals surface area contributed by atoms with Gasteiger partial charge in [-0.3, -0.25) is 0 Å². The molecule has 0 amide bonds. The van der Waals surface area contributed by atoms with Crippen molar-refractivity contribution in [2.45, 2.75) is 20.8 Å². The second-order valence-corrected chi connectivity index (χ2v) is 2.53. The summed E-state index contributed by atoms with van der Waals surface area (Å²) in [6, 6.07) is 0. The summed E-state index contributed by atoms with van der Waals surface area (Å²) in [5, 5.41) is 23.8. The normalized spacial score (nSPS) is 8.56. The quantitative estimate of drug-likeness (QED) is 0.455. The molecule has 0 bridgehead atoms. The van der Waals surface area contributed by atoms with Crippen molar-refractivity contribution in [3.63, 3.8) is 0 Å². The molecule has 0 saturated carbocycles. The number of hydrogen-bond acceptors (Lipinski definition) is 5. The molecule has 0 saturated heterocycles. The third-order valence-electron chi connectivity index (χ3n) is 1.28. The Morgan fingerprint density at radius 1 is 1.06 bits per heavy atom. The Labute approximate surface area is 95.1 Å². The second kappa shape index (κ2) is 11.8. The maximum atomic E-state index is 10.5. The van der Waals surface area contributed by atoms with Gasteiger partial charge in [0.2, 0.25) is 0 Å². The molecular weight excluding hydrogens is 216 g/mol. The maximum absolute atomic E-state index is 10.5. The van der Waals surface area contributed by atoms with Gasteiger partial charge in [0.25, 0.3) is 5.95 Å². The largest absolute Gasteiger partial charge is 0.478 e. The number of hydrogen-bond donors (Lipinski definition) is 3. The van der Waals surface area contributed by atoms with E-state index in [0.29, 0.717) is 13.2 Å². The molecule has 0 aromatic carbocycles. The Kier molecular flexibility index (Phi) is 12.6. The lowest BCUT2D eigenvalue weighted by Crippen LogP contribution is -2.07. The minimum absolute atomic E-state index is 0.0960. The van der Waals surface area contributed by atoms with Crippen LogP contribution in [0, 0.1) is 0 Å². The lowest BCUT2D eigenvalue weighted by molar-refractivity contribution is -0.133. The predicted octanol–water partition coefficient (Wildman–Crippen LogP) is 0.347. The van der Waals surface area contributed by atoms with Gasteiger partial charge < -0.3 is 24.8 Å². The summed E-state index contributed by atoms with van der Waals surface area (Å²) in [5.41, 5.74) is 0.0960.